The maximum absolute atomic E-state index is 2.48. The highest BCUT2D eigenvalue weighted by molar-refractivity contribution is 5.99. The molecule has 0 atom stereocenters. The Morgan fingerprint density at radius 1 is 0.360 bits per heavy atom. The Kier molecular flexibility index (Phi) is 7.21. The Hall–Kier alpha value is -6.18. The number of rotatable bonds is 6. The van der Waals surface area contributed by atoms with Crippen molar-refractivity contribution in [3.63, 3.8) is 0 Å². The molecule has 0 amide bonds. The molecule has 1 heteroatoms. The summed E-state index contributed by atoms with van der Waals surface area (Å²) in [5.41, 5.74) is 15.9. The van der Waals surface area contributed by atoms with Crippen LogP contribution >= 0.6 is 0 Å². The predicted octanol–water partition coefficient (Wildman–Crippen LogP) is 13.6. The Morgan fingerprint density at radius 2 is 0.940 bits per heavy atom. The van der Waals surface area contributed by atoms with E-state index in [2.05, 4.69) is 207 Å². The lowest BCUT2D eigenvalue weighted by molar-refractivity contribution is 0.660. The summed E-state index contributed by atoms with van der Waals surface area (Å²) < 4.78 is 0. The average molecular weight is 640 g/mol. The van der Waals surface area contributed by atoms with Gasteiger partial charge in [0.2, 0.25) is 0 Å². The Labute approximate surface area is 294 Å². The average Bonchev–Trinajstić information content (AvgIpc) is 3.42. The summed E-state index contributed by atoms with van der Waals surface area (Å²) in [6.07, 6.45) is 0. The SMILES string of the molecule is CC1(C)c2ccccc2-c2c(N(c3ccc(-c4ccccc4)cc3)c3ccc(-c4ccc5ccccc5c4)cc3-c3ccccc3)cccc21. The maximum Gasteiger partial charge on any atom is 0.0543 e. The second-order valence-corrected chi connectivity index (χ2v) is 13.8. The number of hydrogen-bond donors (Lipinski definition) is 0. The van der Waals surface area contributed by atoms with E-state index in [0.29, 0.717) is 0 Å². The Bertz CT molecular complexity index is 2490. The fourth-order valence-corrected chi connectivity index (χ4v) is 7.89. The number of hydrogen-bond acceptors (Lipinski definition) is 1. The van der Waals surface area contributed by atoms with Gasteiger partial charge in [-0.25, -0.2) is 0 Å². The summed E-state index contributed by atoms with van der Waals surface area (Å²) in [6, 6.07) is 68.7. The van der Waals surface area contributed by atoms with Gasteiger partial charge >= 0.3 is 0 Å². The molecule has 0 saturated carbocycles. The third kappa shape index (κ3) is 5.02. The van der Waals surface area contributed by atoms with E-state index in [1.54, 1.807) is 0 Å². The molecular weight excluding hydrogens is 603 g/mol. The molecule has 8 aromatic carbocycles. The minimum atomic E-state index is -0.104. The highest BCUT2D eigenvalue weighted by atomic mass is 15.1. The van der Waals surface area contributed by atoms with Crippen molar-refractivity contribution in [2.75, 3.05) is 4.90 Å². The molecule has 1 nitrogen and oxygen atoms in total. The predicted molar refractivity (Wildman–Crippen MR) is 213 cm³/mol. The summed E-state index contributed by atoms with van der Waals surface area (Å²) in [4.78, 5) is 2.48. The van der Waals surface area contributed by atoms with E-state index in [9.17, 15) is 0 Å². The summed E-state index contributed by atoms with van der Waals surface area (Å²) in [5, 5.41) is 2.50. The number of nitrogens with zero attached hydrogens (tertiary/aromatic N) is 1. The lowest BCUT2D eigenvalue weighted by Gasteiger charge is -2.31. The van der Waals surface area contributed by atoms with Crippen molar-refractivity contribution in [1.82, 2.24) is 0 Å². The van der Waals surface area contributed by atoms with Crippen LogP contribution < -0.4 is 4.90 Å². The topological polar surface area (TPSA) is 3.24 Å². The molecule has 0 aromatic heterocycles. The van der Waals surface area contributed by atoms with Crippen molar-refractivity contribution >= 4 is 27.8 Å². The molecule has 0 radical (unpaired) electrons. The van der Waals surface area contributed by atoms with E-state index in [1.165, 1.54) is 72.1 Å². The molecule has 238 valence electrons. The molecule has 9 rings (SSSR count). The molecule has 0 saturated heterocycles. The maximum atomic E-state index is 2.48. The van der Waals surface area contributed by atoms with Crippen LogP contribution in [-0.4, -0.2) is 0 Å². The van der Waals surface area contributed by atoms with E-state index in [0.717, 1.165) is 11.4 Å². The largest absolute Gasteiger partial charge is 0.309 e. The summed E-state index contributed by atoms with van der Waals surface area (Å²) in [7, 11) is 0. The van der Waals surface area contributed by atoms with E-state index in [1.807, 2.05) is 0 Å². The molecular formula is C49H37N. The molecule has 0 heterocycles. The van der Waals surface area contributed by atoms with Crippen LogP contribution in [-0.2, 0) is 5.41 Å². The zero-order valence-corrected chi connectivity index (χ0v) is 28.3. The van der Waals surface area contributed by atoms with Crippen LogP contribution in [0.5, 0.6) is 0 Å². The first-order chi connectivity index (χ1) is 24.6. The standard InChI is InChI=1S/C49H37N/c1-49(2)44-21-12-11-20-42(44)48-45(49)22-13-23-47(48)50(41-29-26-36(27-30-41)34-14-5-3-6-15-34)46-31-28-40(33-43(46)37-17-7-4-8-18-37)39-25-24-35-16-9-10-19-38(35)32-39/h3-33H,1-2H3. The quantitative estimate of drug-likeness (QED) is 0.175. The van der Waals surface area contributed by atoms with Gasteiger partial charge in [-0.2, -0.15) is 0 Å². The molecule has 50 heavy (non-hydrogen) atoms. The molecule has 0 fully saturated rings. The van der Waals surface area contributed by atoms with Gasteiger partial charge in [-0.1, -0.05) is 166 Å². The fourth-order valence-electron chi connectivity index (χ4n) is 7.89. The van der Waals surface area contributed by atoms with Crippen molar-refractivity contribution in [3.8, 4) is 44.5 Å². The number of anilines is 3. The minimum absolute atomic E-state index is 0.104. The lowest BCUT2D eigenvalue weighted by atomic mass is 9.82. The summed E-state index contributed by atoms with van der Waals surface area (Å²) in [5.74, 6) is 0. The van der Waals surface area contributed by atoms with Crippen LogP contribution in [0.15, 0.2) is 188 Å². The molecule has 1 aliphatic carbocycles. The Morgan fingerprint density at radius 3 is 1.72 bits per heavy atom. The van der Waals surface area contributed by atoms with Crippen molar-refractivity contribution < 1.29 is 0 Å². The van der Waals surface area contributed by atoms with Gasteiger partial charge < -0.3 is 4.90 Å². The molecule has 1 aliphatic rings. The fraction of sp³-hybridized carbons (Fsp3) is 0.0612. The van der Waals surface area contributed by atoms with Crippen molar-refractivity contribution in [1.29, 1.82) is 0 Å². The second-order valence-electron chi connectivity index (χ2n) is 13.8. The third-order valence-corrected chi connectivity index (χ3v) is 10.5. The van der Waals surface area contributed by atoms with Crippen LogP contribution in [0, 0.1) is 0 Å². The van der Waals surface area contributed by atoms with Gasteiger partial charge in [0.05, 0.1) is 11.4 Å². The van der Waals surface area contributed by atoms with Gasteiger partial charge in [0.25, 0.3) is 0 Å². The van der Waals surface area contributed by atoms with Gasteiger partial charge in [-0.3, -0.25) is 0 Å². The molecule has 0 aliphatic heterocycles. The van der Waals surface area contributed by atoms with E-state index in [-0.39, 0.29) is 5.41 Å². The van der Waals surface area contributed by atoms with Crippen molar-refractivity contribution in [2.24, 2.45) is 0 Å². The highest BCUT2D eigenvalue weighted by Crippen LogP contribution is 2.55. The smallest absolute Gasteiger partial charge is 0.0543 e. The summed E-state index contributed by atoms with van der Waals surface area (Å²) >= 11 is 0. The van der Waals surface area contributed by atoms with Gasteiger partial charge in [-0.05, 0) is 91.7 Å². The van der Waals surface area contributed by atoms with E-state index in [4.69, 9.17) is 0 Å². The van der Waals surface area contributed by atoms with Gasteiger partial charge in [-0.15, -0.1) is 0 Å². The lowest BCUT2D eigenvalue weighted by Crippen LogP contribution is -2.16. The van der Waals surface area contributed by atoms with Crippen LogP contribution in [0.25, 0.3) is 55.3 Å². The van der Waals surface area contributed by atoms with Crippen molar-refractivity contribution in [2.45, 2.75) is 19.3 Å². The first-order valence-corrected chi connectivity index (χ1v) is 17.4. The molecule has 0 spiro atoms. The van der Waals surface area contributed by atoms with E-state index >= 15 is 0 Å². The monoisotopic (exact) mass is 639 g/mol. The van der Waals surface area contributed by atoms with Crippen LogP contribution in [0.4, 0.5) is 17.1 Å². The first-order valence-electron chi connectivity index (χ1n) is 17.4. The normalized spacial score (nSPS) is 12.8. The Balaban J connectivity index is 1.29. The van der Waals surface area contributed by atoms with Gasteiger partial charge in [0.1, 0.15) is 0 Å². The molecule has 8 aromatic rings. The van der Waals surface area contributed by atoms with Gasteiger partial charge in [0, 0.05) is 22.2 Å². The zero-order valence-electron chi connectivity index (χ0n) is 28.3. The van der Waals surface area contributed by atoms with Crippen molar-refractivity contribution in [3.05, 3.63) is 199 Å². The molecule has 0 bridgehead atoms. The second kappa shape index (κ2) is 12.1. The van der Waals surface area contributed by atoms with E-state index < -0.39 is 0 Å². The number of fused-ring (bicyclic) bond motifs is 4. The minimum Gasteiger partial charge on any atom is -0.309 e. The third-order valence-electron chi connectivity index (χ3n) is 10.5. The zero-order chi connectivity index (χ0) is 33.7. The molecule has 0 unspecified atom stereocenters. The van der Waals surface area contributed by atoms with Crippen LogP contribution in [0.2, 0.25) is 0 Å². The highest BCUT2D eigenvalue weighted by Gasteiger charge is 2.38. The first kappa shape index (κ1) is 29.9. The summed E-state index contributed by atoms with van der Waals surface area (Å²) in [6.45, 7) is 4.71. The van der Waals surface area contributed by atoms with Crippen LogP contribution in [0.1, 0.15) is 25.0 Å². The van der Waals surface area contributed by atoms with Crippen LogP contribution in [0.3, 0.4) is 0 Å². The van der Waals surface area contributed by atoms with Gasteiger partial charge in [0.15, 0.2) is 0 Å². The molecule has 0 N–H and O–H groups in total. The number of benzene rings is 8.